The maximum Gasteiger partial charge on any atom is 0.255 e. The van der Waals surface area contributed by atoms with Crippen LogP contribution in [0.4, 0.5) is 10.1 Å². The van der Waals surface area contributed by atoms with E-state index in [0.717, 1.165) is 11.1 Å². The number of nitrogens with two attached hydrogens (primary N) is 2. The number of halogens is 1. The molecule has 0 bridgehead atoms. The number of benzene rings is 3. The lowest BCUT2D eigenvalue weighted by atomic mass is 9.98. The van der Waals surface area contributed by atoms with Crippen molar-refractivity contribution in [3.05, 3.63) is 107 Å². The fourth-order valence-electron chi connectivity index (χ4n) is 3.78. The van der Waals surface area contributed by atoms with Crippen molar-refractivity contribution in [2.45, 2.75) is 12.6 Å². The number of methoxy groups -OCH3 is 1. The van der Waals surface area contributed by atoms with Crippen LogP contribution in [0.2, 0.25) is 0 Å². The number of para-hydroxylation sites is 1. The molecule has 0 aromatic heterocycles. The first-order chi connectivity index (χ1) is 16.4. The molecule has 1 atom stereocenters. The van der Waals surface area contributed by atoms with Gasteiger partial charge in [-0.1, -0.05) is 36.4 Å². The van der Waals surface area contributed by atoms with Crippen LogP contribution >= 0.6 is 0 Å². The number of anilines is 1. The Labute approximate surface area is 196 Å². The number of rotatable bonds is 7. The molecule has 4 rings (SSSR count). The fourth-order valence-corrected chi connectivity index (χ4v) is 3.78. The second kappa shape index (κ2) is 9.63. The zero-order valence-corrected chi connectivity index (χ0v) is 18.4. The summed E-state index contributed by atoms with van der Waals surface area (Å²) in [5.74, 6) is -0.645. The highest BCUT2D eigenvalue weighted by molar-refractivity contribution is 5.97. The van der Waals surface area contributed by atoms with Crippen molar-refractivity contribution in [3.8, 4) is 5.75 Å². The van der Waals surface area contributed by atoms with Gasteiger partial charge in [-0.15, -0.1) is 0 Å². The number of hydrogen-bond acceptors (Lipinski definition) is 6. The number of ether oxygens (including phenoxy) is 1. The molecule has 1 aliphatic heterocycles. The van der Waals surface area contributed by atoms with E-state index in [4.69, 9.17) is 16.2 Å². The summed E-state index contributed by atoms with van der Waals surface area (Å²) < 4.78 is 18.5. The highest BCUT2D eigenvalue weighted by Gasteiger charge is 2.35. The van der Waals surface area contributed by atoms with Gasteiger partial charge in [0, 0.05) is 6.54 Å². The Bertz CT molecular complexity index is 1240. The topological polar surface area (TPSA) is 123 Å². The first-order valence-electron chi connectivity index (χ1n) is 10.5. The molecule has 1 unspecified atom stereocenters. The van der Waals surface area contributed by atoms with Gasteiger partial charge in [0.15, 0.2) is 0 Å². The smallest absolute Gasteiger partial charge is 0.255 e. The maximum atomic E-state index is 13.3. The van der Waals surface area contributed by atoms with E-state index in [1.54, 1.807) is 36.4 Å². The number of primary amides is 1. The second-order valence-electron chi connectivity index (χ2n) is 7.66. The summed E-state index contributed by atoms with van der Waals surface area (Å²) in [6.07, 6.45) is 0. The molecule has 1 aliphatic rings. The summed E-state index contributed by atoms with van der Waals surface area (Å²) >= 11 is 0. The minimum absolute atomic E-state index is 0.150. The quantitative estimate of drug-likeness (QED) is 0.429. The molecule has 0 spiro atoms. The third-order valence-electron chi connectivity index (χ3n) is 5.53. The largest absolute Gasteiger partial charge is 0.496 e. The molecular weight excluding hydrogens is 437 g/mol. The number of hydrazine groups is 1. The summed E-state index contributed by atoms with van der Waals surface area (Å²) in [5.41, 5.74) is 17.8. The van der Waals surface area contributed by atoms with Gasteiger partial charge in [-0.3, -0.25) is 14.6 Å². The number of carbonyl (C=O) groups is 2. The van der Waals surface area contributed by atoms with Gasteiger partial charge in [0.25, 0.3) is 5.91 Å². The molecule has 0 aliphatic carbocycles. The lowest BCUT2D eigenvalue weighted by Crippen LogP contribution is -2.36. The summed E-state index contributed by atoms with van der Waals surface area (Å²) in [6, 6.07) is 19.4. The minimum atomic E-state index is -0.659. The Morgan fingerprint density at radius 3 is 2.38 bits per heavy atom. The molecule has 3 aromatic rings. The molecule has 34 heavy (non-hydrogen) atoms. The normalized spacial score (nSPS) is 15.4. The first-order valence-corrected chi connectivity index (χ1v) is 10.5. The van der Waals surface area contributed by atoms with Crippen LogP contribution in [-0.2, 0) is 11.3 Å². The highest BCUT2D eigenvalue weighted by atomic mass is 19.1. The summed E-state index contributed by atoms with van der Waals surface area (Å²) in [4.78, 5) is 24.7. The lowest BCUT2D eigenvalue weighted by Gasteiger charge is -2.22. The van der Waals surface area contributed by atoms with Gasteiger partial charge in [0.05, 0.1) is 30.0 Å². The van der Waals surface area contributed by atoms with Crippen LogP contribution in [-0.4, -0.2) is 18.9 Å². The van der Waals surface area contributed by atoms with Gasteiger partial charge in [0.1, 0.15) is 17.4 Å². The minimum Gasteiger partial charge on any atom is -0.496 e. The van der Waals surface area contributed by atoms with Crippen molar-refractivity contribution < 1.29 is 18.7 Å². The Morgan fingerprint density at radius 1 is 1.06 bits per heavy atom. The highest BCUT2D eigenvalue weighted by Crippen LogP contribution is 2.33. The molecular formula is C25H24FN5O3. The third kappa shape index (κ3) is 4.55. The predicted molar refractivity (Wildman–Crippen MR) is 126 cm³/mol. The van der Waals surface area contributed by atoms with Gasteiger partial charge in [-0.25, -0.2) is 9.82 Å². The molecule has 174 valence electrons. The standard InChI is InChI=1S/C25H24FN5O3/c1-34-20-5-3-2-4-19(20)25(33)29-14-15-6-8-16(9-7-15)22-21(24(28)32)23(27)31(30-22)18-12-10-17(26)11-13-18/h2-13,22,30H,14,27H2,1H3,(H2,28,32)(H,29,33). The van der Waals surface area contributed by atoms with Crippen molar-refractivity contribution >= 4 is 17.5 Å². The number of carbonyl (C=O) groups excluding carboxylic acids is 2. The predicted octanol–water partition coefficient (Wildman–Crippen LogP) is 2.49. The molecule has 0 saturated carbocycles. The molecule has 0 fully saturated rings. The van der Waals surface area contributed by atoms with Gasteiger partial charge in [0.2, 0.25) is 5.91 Å². The third-order valence-corrected chi connectivity index (χ3v) is 5.53. The van der Waals surface area contributed by atoms with E-state index in [2.05, 4.69) is 10.7 Å². The van der Waals surface area contributed by atoms with Crippen LogP contribution in [0.5, 0.6) is 5.75 Å². The molecule has 6 N–H and O–H groups in total. The van der Waals surface area contributed by atoms with Crippen LogP contribution in [0.25, 0.3) is 0 Å². The Hall–Kier alpha value is -4.37. The summed E-state index contributed by atoms with van der Waals surface area (Å²) in [7, 11) is 1.51. The summed E-state index contributed by atoms with van der Waals surface area (Å²) in [6.45, 7) is 0.303. The molecule has 2 amide bonds. The molecule has 1 heterocycles. The van der Waals surface area contributed by atoms with Crippen LogP contribution in [0.15, 0.2) is 84.2 Å². The van der Waals surface area contributed by atoms with Crippen molar-refractivity contribution in [1.29, 1.82) is 0 Å². The molecule has 9 heteroatoms. The van der Waals surface area contributed by atoms with E-state index in [1.165, 1.54) is 24.3 Å². The molecule has 8 nitrogen and oxygen atoms in total. The average Bonchev–Trinajstić information content (AvgIpc) is 3.20. The van der Waals surface area contributed by atoms with Gasteiger partial charge >= 0.3 is 0 Å². The van der Waals surface area contributed by atoms with Gasteiger partial charge in [-0.2, -0.15) is 0 Å². The Morgan fingerprint density at radius 2 is 1.74 bits per heavy atom. The van der Waals surface area contributed by atoms with E-state index < -0.39 is 11.9 Å². The van der Waals surface area contributed by atoms with E-state index in [9.17, 15) is 14.0 Å². The van der Waals surface area contributed by atoms with Crippen molar-refractivity contribution in [2.75, 3.05) is 12.1 Å². The molecule has 3 aromatic carbocycles. The first kappa shape index (κ1) is 22.8. The Balaban J connectivity index is 1.49. The monoisotopic (exact) mass is 461 g/mol. The Kier molecular flexibility index (Phi) is 6.46. The number of nitrogens with one attached hydrogen (secondary N) is 2. The van der Waals surface area contributed by atoms with E-state index in [1.807, 2.05) is 24.3 Å². The SMILES string of the molecule is COc1ccccc1C(=O)NCc1ccc(C2NN(c3ccc(F)cc3)C(N)=C2C(N)=O)cc1. The van der Waals surface area contributed by atoms with Crippen LogP contribution < -0.4 is 32.0 Å². The maximum absolute atomic E-state index is 13.3. The van der Waals surface area contributed by atoms with Crippen molar-refractivity contribution in [2.24, 2.45) is 11.5 Å². The van der Waals surface area contributed by atoms with Crippen LogP contribution in [0.3, 0.4) is 0 Å². The van der Waals surface area contributed by atoms with Crippen LogP contribution in [0.1, 0.15) is 27.5 Å². The lowest BCUT2D eigenvalue weighted by molar-refractivity contribution is -0.114. The van der Waals surface area contributed by atoms with E-state index in [0.29, 0.717) is 23.5 Å². The van der Waals surface area contributed by atoms with E-state index >= 15 is 0 Å². The number of hydrogen-bond donors (Lipinski definition) is 4. The average molecular weight is 461 g/mol. The van der Waals surface area contributed by atoms with E-state index in [-0.39, 0.29) is 23.1 Å². The zero-order chi connectivity index (χ0) is 24.2. The number of amides is 2. The molecule has 0 saturated heterocycles. The van der Waals surface area contributed by atoms with Gasteiger partial charge in [-0.05, 0) is 47.5 Å². The zero-order valence-electron chi connectivity index (χ0n) is 18.4. The van der Waals surface area contributed by atoms with Gasteiger partial charge < -0.3 is 21.5 Å². The van der Waals surface area contributed by atoms with Crippen LogP contribution in [0, 0.1) is 5.82 Å². The van der Waals surface area contributed by atoms with Crippen molar-refractivity contribution in [3.63, 3.8) is 0 Å². The fraction of sp³-hybridized carbons (Fsp3) is 0.120. The number of nitrogens with zero attached hydrogens (tertiary/aromatic N) is 1. The van der Waals surface area contributed by atoms with Crippen molar-refractivity contribution in [1.82, 2.24) is 10.7 Å². The summed E-state index contributed by atoms with van der Waals surface area (Å²) in [5, 5.41) is 4.37. The second-order valence-corrected chi connectivity index (χ2v) is 7.66. The molecule has 0 radical (unpaired) electrons.